The summed E-state index contributed by atoms with van der Waals surface area (Å²) in [6.45, 7) is 5.34. The number of aliphatic hydroxyl groups is 1. The van der Waals surface area contributed by atoms with Gasteiger partial charge in [0.05, 0.1) is 12.3 Å². The number of carbonyl (C=O) groups is 2. The number of aromatic nitrogens is 3. The minimum absolute atomic E-state index is 0.0499. The molecule has 3 fully saturated rings. The number of aldehydes is 1. The molecule has 0 amide bonds. The Bertz CT molecular complexity index is 1240. The van der Waals surface area contributed by atoms with Crippen LogP contribution in [0.25, 0.3) is 0 Å². The molecule has 3 saturated carbocycles. The SMILES string of the molecule is C[C@]12CC[C@H]3[C@@H](CC=C4C[C@@H](O)CC[C@@]43C)[C@@H]1CC[C@@H]2C(=O)Cn1cc(COc2ccc(C=O)cc2)nn1. The van der Waals surface area contributed by atoms with Gasteiger partial charge in [0.15, 0.2) is 5.78 Å². The number of allylic oxidation sites excluding steroid dienone is 1. The number of rotatable bonds is 7. The maximum atomic E-state index is 13.6. The lowest BCUT2D eigenvalue weighted by Gasteiger charge is -2.57. The predicted octanol–water partition coefficient (Wildman–Crippen LogP) is 5.18. The maximum Gasteiger partial charge on any atom is 0.157 e. The number of aliphatic hydroxyl groups excluding tert-OH is 1. The molecule has 7 nitrogen and oxygen atoms in total. The van der Waals surface area contributed by atoms with Crippen LogP contribution in [0.3, 0.4) is 0 Å². The van der Waals surface area contributed by atoms with Crippen LogP contribution in [-0.4, -0.2) is 38.3 Å². The molecule has 2 aromatic rings. The molecule has 0 bridgehead atoms. The van der Waals surface area contributed by atoms with Crippen molar-refractivity contribution < 1.29 is 19.4 Å². The Balaban J connectivity index is 1.10. The highest BCUT2D eigenvalue weighted by atomic mass is 16.5. The lowest BCUT2D eigenvalue weighted by atomic mass is 9.47. The molecule has 1 N–H and O–H groups in total. The number of benzene rings is 1. The number of nitrogens with zero attached hydrogens (tertiary/aromatic N) is 3. The fourth-order valence-electron chi connectivity index (χ4n) is 8.72. The molecule has 4 aliphatic rings. The summed E-state index contributed by atoms with van der Waals surface area (Å²) in [5.74, 6) is 2.90. The van der Waals surface area contributed by atoms with E-state index in [1.807, 2.05) is 0 Å². The Morgan fingerprint density at radius 2 is 1.95 bits per heavy atom. The second-order valence-corrected chi connectivity index (χ2v) is 12.7. The number of ether oxygens (including phenoxy) is 1. The summed E-state index contributed by atoms with van der Waals surface area (Å²) in [5, 5.41) is 18.7. The molecule has 0 radical (unpaired) electrons. The zero-order valence-electron chi connectivity index (χ0n) is 22.5. The Kier molecular flexibility index (Phi) is 6.53. The van der Waals surface area contributed by atoms with Crippen molar-refractivity contribution in [2.45, 2.75) is 84.5 Å². The first-order valence-corrected chi connectivity index (χ1v) is 14.3. The van der Waals surface area contributed by atoms with Crippen LogP contribution in [-0.2, 0) is 17.9 Å². The highest BCUT2D eigenvalue weighted by Crippen LogP contribution is 2.66. The third-order valence-corrected chi connectivity index (χ3v) is 10.8. The molecule has 0 unspecified atom stereocenters. The van der Waals surface area contributed by atoms with Crippen molar-refractivity contribution in [2.75, 3.05) is 0 Å². The highest BCUT2D eigenvalue weighted by molar-refractivity contribution is 5.82. The molecule has 4 aliphatic carbocycles. The predicted molar refractivity (Wildman–Crippen MR) is 142 cm³/mol. The summed E-state index contributed by atoms with van der Waals surface area (Å²) < 4.78 is 7.42. The van der Waals surface area contributed by atoms with Crippen molar-refractivity contribution in [3.63, 3.8) is 0 Å². The van der Waals surface area contributed by atoms with E-state index in [0.29, 0.717) is 34.8 Å². The van der Waals surface area contributed by atoms with E-state index in [0.717, 1.165) is 51.2 Å². The van der Waals surface area contributed by atoms with Crippen LogP contribution >= 0.6 is 0 Å². The van der Waals surface area contributed by atoms with Crippen LogP contribution in [0.4, 0.5) is 0 Å². The standard InChI is InChI=1S/C31H39N3O4/c1-30-13-11-23(36)15-21(30)5-8-25-26-9-10-28(31(26,2)14-12-27(25)30)29(37)17-34-16-22(32-33-34)19-38-24-6-3-20(18-35)4-7-24/h3-7,16,18,23,25-28,36H,8-15,17,19H2,1-2H3/t23-,25-,26-,27-,28+,30-,31-/m0/s1. The second-order valence-electron chi connectivity index (χ2n) is 12.7. The van der Waals surface area contributed by atoms with Crippen LogP contribution in [0.15, 0.2) is 42.1 Å². The zero-order valence-corrected chi connectivity index (χ0v) is 22.5. The van der Waals surface area contributed by atoms with Crippen molar-refractivity contribution in [1.82, 2.24) is 15.0 Å². The largest absolute Gasteiger partial charge is 0.487 e. The Morgan fingerprint density at radius 3 is 2.74 bits per heavy atom. The van der Waals surface area contributed by atoms with E-state index in [-0.39, 0.29) is 41.8 Å². The molecule has 38 heavy (non-hydrogen) atoms. The molecule has 1 heterocycles. The molecule has 6 rings (SSSR count). The van der Waals surface area contributed by atoms with E-state index in [9.17, 15) is 14.7 Å². The first-order valence-electron chi connectivity index (χ1n) is 14.3. The number of hydrogen-bond donors (Lipinski definition) is 1. The van der Waals surface area contributed by atoms with Crippen molar-refractivity contribution in [3.05, 3.63) is 53.4 Å². The second kappa shape index (κ2) is 9.74. The van der Waals surface area contributed by atoms with E-state index in [2.05, 4.69) is 30.2 Å². The fraction of sp³-hybridized carbons (Fsp3) is 0.613. The average molecular weight is 518 g/mol. The molecule has 1 aromatic carbocycles. The van der Waals surface area contributed by atoms with E-state index >= 15 is 0 Å². The topological polar surface area (TPSA) is 94.3 Å². The third kappa shape index (κ3) is 4.33. The Morgan fingerprint density at radius 1 is 1.13 bits per heavy atom. The van der Waals surface area contributed by atoms with E-state index in [1.165, 1.54) is 12.0 Å². The lowest BCUT2D eigenvalue weighted by molar-refractivity contribution is -0.130. The summed E-state index contributed by atoms with van der Waals surface area (Å²) in [6, 6.07) is 6.93. The van der Waals surface area contributed by atoms with Crippen molar-refractivity contribution in [3.8, 4) is 5.75 Å². The minimum atomic E-state index is -0.174. The van der Waals surface area contributed by atoms with Gasteiger partial charge in [-0.25, -0.2) is 4.68 Å². The van der Waals surface area contributed by atoms with Gasteiger partial charge in [-0.05, 0) is 104 Å². The van der Waals surface area contributed by atoms with Gasteiger partial charge in [-0.15, -0.1) is 5.10 Å². The van der Waals surface area contributed by atoms with Gasteiger partial charge in [0.2, 0.25) is 0 Å². The maximum absolute atomic E-state index is 13.6. The first-order chi connectivity index (χ1) is 18.3. The van der Waals surface area contributed by atoms with Gasteiger partial charge < -0.3 is 9.84 Å². The number of ketones is 1. The highest BCUT2D eigenvalue weighted by Gasteiger charge is 2.59. The van der Waals surface area contributed by atoms with Gasteiger partial charge >= 0.3 is 0 Å². The van der Waals surface area contributed by atoms with E-state index in [1.54, 1.807) is 35.1 Å². The molecule has 0 spiro atoms. The number of carbonyl (C=O) groups excluding carboxylic acids is 2. The molecular weight excluding hydrogens is 478 g/mol. The fourth-order valence-corrected chi connectivity index (χ4v) is 8.72. The monoisotopic (exact) mass is 517 g/mol. The summed E-state index contributed by atoms with van der Waals surface area (Å²) in [7, 11) is 0. The van der Waals surface area contributed by atoms with E-state index in [4.69, 9.17) is 4.74 Å². The summed E-state index contributed by atoms with van der Waals surface area (Å²) in [4.78, 5) is 24.4. The van der Waals surface area contributed by atoms with Crippen LogP contribution in [0.1, 0.15) is 81.3 Å². The summed E-state index contributed by atoms with van der Waals surface area (Å²) in [6.07, 6.45) is 13.2. The lowest BCUT2D eigenvalue weighted by Crippen LogP contribution is -2.51. The van der Waals surface area contributed by atoms with Crippen molar-refractivity contribution in [1.29, 1.82) is 0 Å². The quantitative estimate of drug-likeness (QED) is 0.402. The smallest absolute Gasteiger partial charge is 0.157 e. The Labute approximate surface area is 224 Å². The van der Waals surface area contributed by atoms with Crippen LogP contribution in [0, 0.1) is 34.5 Å². The van der Waals surface area contributed by atoms with Gasteiger partial charge in [-0.1, -0.05) is 30.7 Å². The van der Waals surface area contributed by atoms with Crippen LogP contribution in [0.2, 0.25) is 0 Å². The Hall–Kier alpha value is -2.80. The van der Waals surface area contributed by atoms with Crippen molar-refractivity contribution >= 4 is 12.1 Å². The molecule has 202 valence electrons. The van der Waals surface area contributed by atoms with Crippen molar-refractivity contribution in [2.24, 2.45) is 34.5 Å². The summed E-state index contributed by atoms with van der Waals surface area (Å²) in [5.41, 5.74) is 3.04. The van der Waals surface area contributed by atoms with Crippen LogP contribution < -0.4 is 4.74 Å². The van der Waals surface area contributed by atoms with Crippen LogP contribution in [0.5, 0.6) is 5.75 Å². The molecule has 0 saturated heterocycles. The van der Waals surface area contributed by atoms with Gasteiger partial charge in [0.25, 0.3) is 0 Å². The zero-order chi connectivity index (χ0) is 26.5. The van der Waals surface area contributed by atoms with E-state index < -0.39 is 0 Å². The number of fused-ring (bicyclic) bond motifs is 5. The third-order valence-electron chi connectivity index (χ3n) is 10.8. The average Bonchev–Trinajstić information content (AvgIpc) is 3.51. The molecular formula is C31H39N3O4. The minimum Gasteiger partial charge on any atom is -0.487 e. The number of Topliss-reactive ketones (excluding diaryl/α,β-unsaturated/α-hetero) is 1. The molecule has 1 aromatic heterocycles. The van der Waals surface area contributed by atoms with Gasteiger partial charge in [-0.3, -0.25) is 9.59 Å². The number of hydrogen-bond acceptors (Lipinski definition) is 6. The molecule has 7 heteroatoms. The summed E-state index contributed by atoms with van der Waals surface area (Å²) >= 11 is 0. The first kappa shape index (κ1) is 25.5. The molecule has 7 atom stereocenters. The van der Waals surface area contributed by atoms with Gasteiger partial charge in [0, 0.05) is 11.5 Å². The van der Waals surface area contributed by atoms with Gasteiger partial charge in [0.1, 0.15) is 30.9 Å². The van der Waals surface area contributed by atoms with Gasteiger partial charge in [-0.2, -0.15) is 0 Å². The molecule has 0 aliphatic heterocycles. The normalized spacial score (nSPS) is 36.0.